The van der Waals surface area contributed by atoms with E-state index in [1.54, 1.807) is 0 Å². The summed E-state index contributed by atoms with van der Waals surface area (Å²) >= 11 is 0. The highest BCUT2D eigenvalue weighted by atomic mass is 31.2. The molecule has 0 amide bonds. The fraction of sp³-hybridized carbons (Fsp3) is 0.788. The van der Waals surface area contributed by atoms with Gasteiger partial charge in [0.2, 0.25) is 0 Å². The van der Waals surface area contributed by atoms with Gasteiger partial charge in [0, 0.05) is 43.9 Å². The van der Waals surface area contributed by atoms with E-state index in [0.717, 1.165) is 82.8 Å². The lowest BCUT2D eigenvalue weighted by molar-refractivity contribution is -0.166. The Labute approximate surface area is 438 Å². The first-order chi connectivity index (χ1) is 35.2. The Kier molecular flexibility index (Phi) is 34.9. The highest BCUT2D eigenvalue weighted by Crippen LogP contribution is 2.50. The number of esters is 2. The van der Waals surface area contributed by atoms with Gasteiger partial charge in [0.25, 0.3) is 0 Å². The summed E-state index contributed by atoms with van der Waals surface area (Å²) in [4.78, 5) is 70.1. The SMILES string of the molecule is CCCCCC/C=C\C/C=C\C/C=C\CCCCCCCCC(=O)OC[C@@H]1COP(=O)(O)O[C@H]2[C@H](O)[C@@H](O)[C@H](O)[C@@H](CC(=O)CCCCC(=O)O1)[C@@H](O)C[C@@H](O)[C@H](/C=C\[C@@H](O)CCCCC)[C@@H](O)[C@H]2OP(=O)(O)O. The molecule has 20 nitrogen and oxygen atoms in total. The molecule has 0 aromatic heterocycles. The maximum Gasteiger partial charge on any atom is 0.472 e. The Morgan fingerprint density at radius 3 is 1.97 bits per heavy atom. The maximum atomic E-state index is 13.8. The van der Waals surface area contributed by atoms with E-state index in [9.17, 15) is 73.9 Å². The van der Waals surface area contributed by atoms with Gasteiger partial charge in [-0.1, -0.05) is 127 Å². The van der Waals surface area contributed by atoms with Crippen molar-refractivity contribution in [3.05, 3.63) is 48.6 Å². The largest absolute Gasteiger partial charge is 0.472 e. The zero-order valence-electron chi connectivity index (χ0n) is 43.6. The first-order valence-corrected chi connectivity index (χ1v) is 29.9. The van der Waals surface area contributed by atoms with Gasteiger partial charge >= 0.3 is 27.6 Å². The summed E-state index contributed by atoms with van der Waals surface area (Å²) in [5.41, 5.74) is 0. The third kappa shape index (κ3) is 29.3. The molecule has 10 N–H and O–H groups in total. The third-order valence-electron chi connectivity index (χ3n) is 13.1. The van der Waals surface area contributed by atoms with Crippen LogP contribution in [0.15, 0.2) is 48.6 Å². The molecule has 0 spiro atoms. The van der Waals surface area contributed by atoms with Crippen molar-refractivity contribution in [1.82, 2.24) is 0 Å². The van der Waals surface area contributed by atoms with Crippen molar-refractivity contribution in [3.8, 4) is 0 Å². The zero-order valence-corrected chi connectivity index (χ0v) is 45.4. The zero-order chi connectivity index (χ0) is 54.9. The molecule has 0 aromatic carbocycles. The number of ether oxygens (including phenoxy) is 2. The minimum absolute atomic E-state index is 0.0137. The van der Waals surface area contributed by atoms with Gasteiger partial charge in [-0.15, -0.1) is 0 Å². The molecule has 1 aliphatic carbocycles. The number of carbonyl (C=O) groups is 3. The summed E-state index contributed by atoms with van der Waals surface area (Å²) < 4.78 is 52.1. The van der Waals surface area contributed by atoms with E-state index < -0.39 is 132 Å². The van der Waals surface area contributed by atoms with E-state index >= 15 is 0 Å². The lowest BCUT2D eigenvalue weighted by Gasteiger charge is -2.38. The highest BCUT2D eigenvalue weighted by Gasteiger charge is 2.52. The van der Waals surface area contributed by atoms with Crippen molar-refractivity contribution in [2.45, 2.75) is 235 Å². The molecule has 1 heterocycles. The Balaban J connectivity index is 2.19. The van der Waals surface area contributed by atoms with Crippen LogP contribution in [0, 0.1) is 11.8 Å². The van der Waals surface area contributed by atoms with Crippen LogP contribution < -0.4 is 0 Å². The molecule has 1 aliphatic heterocycles. The molecule has 428 valence electrons. The van der Waals surface area contributed by atoms with Gasteiger partial charge in [0.1, 0.15) is 36.8 Å². The van der Waals surface area contributed by atoms with E-state index in [2.05, 4.69) is 43.4 Å². The average molecular weight is 1100 g/mol. The molecule has 0 aromatic rings. The highest BCUT2D eigenvalue weighted by molar-refractivity contribution is 7.47. The number of phosphoric acid groups is 2. The average Bonchev–Trinajstić information content (AvgIpc) is 3.34. The van der Waals surface area contributed by atoms with Crippen LogP contribution in [0.1, 0.15) is 174 Å². The number of cyclic esters (lactones) is 1. The number of hydrogen-bond acceptors (Lipinski definition) is 17. The van der Waals surface area contributed by atoms with Gasteiger partial charge in [-0.05, 0) is 64.2 Å². The molecule has 74 heavy (non-hydrogen) atoms. The molecule has 2 rings (SSSR count). The molecular weight excluding hydrogens is 1010 g/mol. The van der Waals surface area contributed by atoms with Crippen LogP contribution in [0.4, 0.5) is 0 Å². The summed E-state index contributed by atoms with van der Waals surface area (Å²) in [5.74, 6) is -5.58. The Morgan fingerprint density at radius 2 is 1.34 bits per heavy atom. The molecule has 1 saturated carbocycles. The van der Waals surface area contributed by atoms with Gasteiger partial charge in [0.15, 0.2) is 6.10 Å². The van der Waals surface area contributed by atoms with Crippen LogP contribution in [-0.2, 0) is 46.6 Å². The van der Waals surface area contributed by atoms with Crippen molar-refractivity contribution >= 4 is 33.4 Å². The second-order valence-corrected chi connectivity index (χ2v) is 22.2. The number of aliphatic hydroxyl groups is 7. The van der Waals surface area contributed by atoms with Crippen LogP contribution in [0.2, 0.25) is 0 Å². The molecular formula is C52H90O20P2. The van der Waals surface area contributed by atoms with E-state index in [1.807, 2.05) is 6.92 Å². The van der Waals surface area contributed by atoms with Crippen LogP contribution in [0.5, 0.6) is 0 Å². The number of carbonyl (C=O) groups excluding carboxylic acids is 3. The summed E-state index contributed by atoms with van der Waals surface area (Å²) in [6.45, 7) is 2.46. The standard InChI is InChI=1S/C52H90O20P2/c1-3-5-7-8-9-10-11-12-13-14-15-16-17-18-19-20-21-22-23-25-30-45(57)68-36-40-37-69-74(66,67)72-52-50(62)49(61)47(59)42(34-39(54)29-26-27-31-46(58)70-40)44(56)35-43(55)41(33-32-38(53)28-24-6-4-2)48(60)51(52)71-73(63,64)65/h10-11,13-14,16-17,32-33,38,40-44,47-53,55-56,59-62H,3-9,12,15,18-31,34-37H2,1-2H3,(H,66,67)(H2,63,64,65)/b11-10-,14-13-,17-16-,33-32-/t38-,40+,41-,42-,43+,44-,47+,48+,49-,50+,51+,52-/m0/s1. The molecule has 0 radical (unpaired) electrons. The first kappa shape index (κ1) is 67.6. The summed E-state index contributed by atoms with van der Waals surface area (Å²) in [5, 5.41) is 79.7. The molecule has 1 saturated heterocycles. The quantitative estimate of drug-likeness (QED) is 0.0167. The van der Waals surface area contributed by atoms with Gasteiger partial charge in [0.05, 0.1) is 37.1 Å². The van der Waals surface area contributed by atoms with E-state index in [0.29, 0.717) is 12.8 Å². The van der Waals surface area contributed by atoms with E-state index in [-0.39, 0.29) is 38.5 Å². The Morgan fingerprint density at radius 1 is 0.757 bits per heavy atom. The maximum absolute atomic E-state index is 13.8. The first-order valence-electron chi connectivity index (χ1n) is 26.9. The summed E-state index contributed by atoms with van der Waals surface area (Å²) in [7, 11) is -11.6. The number of fused-ring (bicyclic) bond motifs is 4. The van der Waals surface area contributed by atoms with Gasteiger partial charge in [-0.3, -0.25) is 28.0 Å². The van der Waals surface area contributed by atoms with Crippen LogP contribution >= 0.6 is 15.6 Å². The van der Waals surface area contributed by atoms with Crippen LogP contribution in [0.25, 0.3) is 0 Å². The number of aliphatic hydroxyl groups excluding tert-OH is 7. The molecule has 1 unspecified atom stereocenters. The second-order valence-electron chi connectivity index (χ2n) is 19.6. The molecule has 13 atom stereocenters. The van der Waals surface area contributed by atoms with Crippen molar-refractivity contribution in [2.75, 3.05) is 13.2 Å². The van der Waals surface area contributed by atoms with E-state index in [4.69, 9.17) is 23.0 Å². The van der Waals surface area contributed by atoms with Crippen molar-refractivity contribution < 1.29 is 97.0 Å². The van der Waals surface area contributed by atoms with Gasteiger partial charge in [-0.25, -0.2) is 9.13 Å². The second kappa shape index (κ2) is 38.1. The van der Waals surface area contributed by atoms with Crippen LogP contribution in [-0.4, -0.2) is 142 Å². The monoisotopic (exact) mass is 1100 g/mol. The third-order valence-corrected chi connectivity index (χ3v) is 14.6. The number of allylic oxidation sites excluding steroid dienone is 6. The topological polar surface area (TPSA) is 334 Å². The Bertz CT molecular complexity index is 1790. The number of hydrogen-bond donors (Lipinski definition) is 10. The number of Topliss-reactive ketones (excluding diaryl/α,β-unsaturated/α-hetero) is 1. The molecule has 2 fully saturated rings. The van der Waals surface area contributed by atoms with Gasteiger partial charge < -0.3 is 59.9 Å². The fourth-order valence-corrected chi connectivity index (χ4v) is 10.3. The number of rotatable bonds is 28. The summed E-state index contributed by atoms with van der Waals surface area (Å²) in [6.07, 6.45) is 8.27. The fourth-order valence-electron chi connectivity index (χ4n) is 8.79. The number of ketones is 1. The van der Waals surface area contributed by atoms with Crippen molar-refractivity contribution in [3.63, 3.8) is 0 Å². The smallest absolute Gasteiger partial charge is 0.462 e. The predicted molar refractivity (Wildman–Crippen MR) is 276 cm³/mol. The number of phosphoric ester groups is 2. The van der Waals surface area contributed by atoms with Crippen molar-refractivity contribution in [2.24, 2.45) is 11.8 Å². The minimum atomic E-state index is -5.81. The molecule has 22 heteroatoms. The lowest BCUT2D eigenvalue weighted by Crippen LogP contribution is -2.56. The normalized spacial score (nSPS) is 30.2. The minimum Gasteiger partial charge on any atom is -0.462 e. The van der Waals surface area contributed by atoms with Crippen LogP contribution in [0.3, 0.4) is 0 Å². The van der Waals surface area contributed by atoms with E-state index in [1.165, 1.54) is 25.7 Å². The predicted octanol–water partition coefficient (Wildman–Crippen LogP) is 6.79. The van der Waals surface area contributed by atoms with Gasteiger partial charge in [-0.2, -0.15) is 0 Å². The number of unbranched alkanes of at least 4 members (excludes halogenated alkanes) is 12. The summed E-state index contributed by atoms with van der Waals surface area (Å²) in [6, 6.07) is 0. The Hall–Kier alpha value is -2.49. The van der Waals surface area contributed by atoms with Crippen molar-refractivity contribution in [1.29, 1.82) is 0 Å². The molecule has 2 bridgehead atoms. The molecule has 2 aliphatic rings. The lowest BCUT2D eigenvalue weighted by atomic mass is 9.82.